The molecule has 21 heavy (non-hydrogen) atoms. The summed E-state index contributed by atoms with van der Waals surface area (Å²) in [7, 11) is -3.77. The number of nitrogens with zero attached hydrogens (tertiary/aromatic N) is 1. The number of nitrogens with two attached hydrogens (primary N) is 1. The molecule has 1 heterocycles. The van der Waals surface area contributed by atoms with E-state index in [-0.39, 0.29) is 15.8 Å². The molecule has 0 spiro atoms. The van der Waals surface area contributed by atoms with Crippen molar-refractivity contribution in [1.82, 2.24) is 4.98 Å². The Labute approximate surface area is 133 Å². The van der Waals surface area contributed by atoms with E-state index in [2.05, 4.69) is 9.71 Å². The van der Waals surface area contributed by atoms with Crippen LogP contribution >= 0.6 is 23.6 Å². The molecule has 3 N–H and O–H groups in total. The number of nitrogens with one attached hydrogen (secondary N) is 1. The van der Waals surface area contributed by atoms with E-state index in [1.165, 1.54) is 17.4 Å². The minimum Gasteiger partial charge on any atom is -0.389 e. The van der Waals surface area contributed by atoms with Crippen LogP contribution in [0.15, 0.2) is 34.5 Å². The van der Waals surface area contributed by atoms with Crippen molar-refractivity contribution in [1.29, 1.82) is 0 Å². The molecule has 8 heteroatoms. The van der Waals surface area contributed by atoms with Gasteiger partial charge in [-0.1, -0.05) is 44.3 Å². The Balaban J connectivity index is 2.36. The van der Waals surface area contributed by atoms with E-state index >= 15 is 0 Å². The van der Waals surface area contributed by atoms with Crippen molar-refractivity contribution in [2.45, 2.75) is 24.7 Å². The fourth-order valence-electron chi connectivity index (χ4n) is 1.67. The predicted molar refractivity (Wildman–Crippen MR) is 89.3 cm³/mol. The van der Waals surface area contributed by atoms with Gasteiger partial charge in [0.05, 0.1) is 10.6 Å². The average Bonchev–Trinajstić information content (AvgIpc) is 2.86. The molecular weight excluding hydrogens is 326 g/mol. The fraction of sp³-hybridized carbons (Fsp3) is 0.231. The monoisotopic (exact) mass is 341 g/mol. The van der Waals surface area contributed by atoms with Gasteiger partial charge in [-0.15, -0.1) is 11.3 Å². The van der Waals surface area contributed by atoms with E-state index in [0.29, 0.717) is 10.7 Å². The van der Waals surface area contributed by atoms with Crippen molar-refractivity contribution in [2.24, 2.45) is 5.73 Å². The number of rotatable bonds is 5. The molecule has 0 aliphatic carbocycles. The van der Waals surface area contributed by atoms with Crippen molar-refractivity contribution in [3.05, 3.63) is 40.9 Å². The molecule has 0 fully saturated rings. The molecule has 112 valence electrons. The molecule has 0 aliphatic rings. The summed E-state index contributed by atoms with van der Waals surface area (Å²) in [5.41, 5.74) is 6.74. The van der Waals surface area contributed by atoms with Crippen LogP contribution in [-0.4, -0.2) is 18.4 Å². The Hall–Kier alpha value is -1.51. The molecular formula is C13H15N3O2S3. The number of anilines is 1. The molecule has 1 aromatic carbocycles. The van der Waals surface area contributed by atoms with Gasteiger partial charge in [-0.2, -0.15) is 0 Å². The van der Waals surface area contributed by atoms with Gasteiger partial charge in [0.2, 0.25) is 0 Å². The smallest absolute Gasteiger partial charge is 0.264 e. The quantitative estimate of drug-likeness (QED) is 0.817. The van der Waals surface area contributed by atoms with Crippen LogP contribution in [0.3, 0.4) is 0 Å². The highest BCUT2D eigenvalue weighted by molar-refractivity contribution is 7.93. The van der Waals surface area contributed by atoms with Crippen LogP contribution in [0.2, 0.25) is 0 Å². The first-order valence-corrected chi connectivity index (χ1v) is 8.95. The molecule has 0 unspecified atom stereocenters. The van der Waals surface area contributed by atoms with E-state index in [0.717, 1.165) is 5.69 Å². The third kappa shape index (κ3) is 3.58. The fourth-order valence-corrected chi connectivity index (χ4v) is 4.26. The molecule has 0 bridgehead atoms. The third-order valence-corrected chi connectivity index (χ3v) is 5.30. The second kappa shape index (κ2) is 6.08. The van der Waals surface area contributed by atoms with Gasteiger partial charge in [-0.25, -0.2) is 13.4 Å². The van der Waals surface area contributed by atoms with E-state index in [1.807, 2.05) is 19.2 Å². The summed E-state index contributed by atoms with van der Waals surface area (Å²) in [5.74, 6) is 0.239. The van der Waals surface area contributed by atoms with Crippen molar-refractivity contribution in [3.8, 4) is 0 Å². The number of benzene rings is 1. The molecule has 0 saturated carbocycles. The molecule has 2 rings (SSSR count). The number of thiocarbonyl (C=S) groups is 1. The summed E-state index contributed by atoms with van der Waals surface area (Å²) < 4.78 is 27.4. The summed E-state index contributed by atoms with van der Waals surface area (Å²) in [6.07, 6.45) is 0. The standard InChI is InChI=1S/C13H15N3O2S3/c1-8(2)10-7-20-13(15-10)16-21(17,18)11-6-4-3-5-9(11)12(14)19/h3-8H,1-2H3,(H2,14,19)(H,15,16). The molecule has 0 radical (unpaired) electrons. The molecule has 0 saturated heterocycles. The average molecular weight is 341 g/mol. The van der Waals surface area contributed by atoms with Gasteiger partial charge >= 0.3 is 0 Å². The number of aromatic nitrogens is 1. The maximum Gasteiger partial charge on any atom is 0.264 e. The van der Waals surface area contributed by atoms with Crippen LogP contribution in [0, 0.1) is 0 Å². The summed E-state index contributed by atoms with van der Waals surface area (Å²) >= 11 is 6.14. The molecule has 0 atom stereocenters. The van der Waals surface area contributed by atoms with Crippen LogP contribution in [0.4, 0.5) is 5.13 Å². The Morgan fingerprint density at radius 2 is 2.05 bits per heavy atom. The summed E-state index contributed by atoms with van der Waals surface area (Å²) in [6, 6.07) is 6.36. The van der Waals surface area contributed by atoms with E-state index in [9.17, 15) is 8.42 Å². The van der Waals surface area contributed by atoms with Crippen LogP contribution in [0.25, 0.3) is 0 Å². The lowest BCUT2D eigenvalue weighted by atomic mass is 10.2. The minimum absolute atomic E-state index is 0.0398. The van der Waals surface area contributed by atoms with Crippen LogP contribution in [-0.2, 0) is 10.0 Å². The maximum atomic E-state index is 12.4. The largest absolute Gasteiger partial charge is 0.389 e. The topological polar surface area (TPSA) is 85.1 Å². The molecule has 0 aliphatic heterocycles. The second-order valence-corrected chi connectivity index (χ2v) is 7.65. The lowest BCUT2D eigenvalue weighted by Gasteiger charge is -2.09. The highest BCUT2D eigenvalue weighted by atomic mass is 32.2. The van der Waals surface area contributed by atoms with Gasteiger partial charge in [0.1, 0.15) is 4.99 Å². The summed E-state index contributed by atoms with van der Waals surface area (Å²) in [5, 5.41) is 2.17. The number of thiazole rings is 1. The number of hydrogen-bond acceptors (Lipinski definition) is 5. The van der Waals surface area contributed by atoms with Crippen molar-refractivity contribution < 1.29 is 8.42 Å². The number of hydrogen-bond donors (Lipinski definition) is 2. The van der Waals surface area contributed by atoms with Crippen LogP contribution in [0.5, 0.6) is 0 Å². The second-order valence-electron chi connectivity index (χ2n) is 4.70. The summed E-state index contributed by atoms with van der Waals surface area (Å²) in [4.78, 5) is 4.35. The Morgan fingerprint density at radius 1 is 1.38 bits per heavy atom. The zero-order chi connectivity index (χ0) is 15.6. The highest BCUT2D eigenvalue weighted by Gasteiger charge is 2.21. The zero-order valence-corrected chi connectivity index (χ0v) is 14.0. The minimum atomic E-state index is -3.77. The Kier molecular flexibility index (Phi) is 4.60. The Morgan fingerprint density at radius 3 is 2.62 bits per heavy atom. The maximum absolute atomic E-state index is 12.4. The third-order valence-electron chi connectivity index (χ3n) is 2.78. The lowest BCUT2D eigenvalue weighted by Crippen LogP contribution is -2.19. The first-order valence-electron chi connectivity index (χ1n) is 6.18. The molecule has 2 aromatic rings. The lowest BCUT2D eigenvalue weighted by molar-refractivity contribution is 0.601. The van der Waals surface area contributed by atoms with Crippen molar-refractivity contribution >= 4 is 43.7 Å². The van der Waals surface area contributed by atoms with Gasteiger partial charge in [0.15, 0.2) is 5.13 Å². The number of sulfonamides is 1. The van der Waals surface area contributed by atoms with Crippen molar-refractivity contribution in [3.63, 3.8) is 0 Å². The predicted octanol–water partition coefficient (Wildman–Crippen LogP) is 2.70. The van der Waals surface area contributed by atoms with E-state index in [1.54, 1.807) is 18.2 Å². The van der Waals surface area contributed by atoms with E-state index in [4.69, 9.17) is 18.0 Å². The van der Waals surface area contributed by atoms with Crippen LogP contribution < -0.4 is 10.5 Å². The first-order chi connectivity index (χ1) is 9.81. The van der Waals surface area contributed by atoms with Gasteiger partial charge in [-0.05, 0) is 12.0 Å². The highest BCUT2D eigenvalue weighted by Crippen LogP contribution is 2.25. The Bertz CT molecular complexity index is 766. The SMILES string of the molecule is CC(C)c1csc(NS(=O)(=O)c2ccccc2C(N)=S)n1. The molecule has 0 amide bonds. The summed E-state index contributed by atoms with van der Waals surface area (Å²) in [6.45, 7) is 3.99. The normalized spacial score (nSPS) is 11.6. The van der Waals surface area contributed by atoms with E-state index < -0.39 is 10.0 Å². The van der Waals surface area contributed by atoms with Gasteiger partial charge in [0.25, 0.3) is 10.0 Å². The van der Waals surface area contributed by atoms with Crippen molar-refractivity contribution in [2.75, 3.05) is 4.72 Å². The van der Waals surface area contributed by atoms with Gasteiger partial charge < -0.3 is 5.73 Å². The van der Waals surface area contributed by atoms with Gasteiger partial charge in [-0.3, -0.25) is 4.72 Å². The molecule has 5 nitrogen and oxygen atoms in total. The molecule has 1 aromatic heterocycles. The van der Waals surface area contributed by atoms with Crippen LogP contribution in [0.1, 0.15) is 31.0 Å². The first kappa shape index (κ1) is 15.9. The van der Waals surface area contributed by atoms with Gasteiger partial charge in [0, 0.05) is 10.9 Å². The zero-order valence-electron chi connectivity index (χ0n) is 11.5.